The van der Waals surface area contributed by atoms with E-state index in [-0.39, 0.29) is 18.4 Å². The highest BCUT2D eigenvalue weighted by Gasteiger charge is 2.65. The summed E-state index contributed by atoms with van der Waals surface area (Å²) in [6.45, 7) is 3.56. The molecule has 1 fully saturated rings. The van der Waals surface area contributed by atoms with Crippen LogP contribution in [-0.4, -0.2) is 39.7 Å². The zero-order valence-electron chi connectivity index (χ0n) is 12.1. The maximum absolute atomic E-state index is 12.1. The van der Waals surface area contributed by atoms with E-state index in [0.29, 0.717) is 5.69 Å². The van der Waals surface area contributed by atoms with Crippen LogP contribution >= 0.6 is 0 Å². The van der Waals surface area contributed by atoms with Crippen LogP contribution in [0.25, 0.3) is 0 Å². The van der Waals surface area contributed by atoms with Crippen LogP contribution in [0.3, 0.4) is 0 Å². The van der Waals surface area contributed by atoms with E-state index in [1.807, 2.05) is 0 Å². The summed E-state index contributed by atoms with van der Waals surface area (Å²) in [5.74, 6) is -2.73. The molecule has 1 aromatic rings. The number of likely N-dealkylation sites (N-methyl/N-ethyl adjacent to an activating group) is 1. The number of nitrogens with one attached hydrogen (secondary N) is 2. The van der Waals surface area contributed by atoms with Gasteiger partial charge in [-0.2, -0.15) is 5.10 Å². The average molecular weight is 294 g/mol. The molecule has 1 heterocycles. The van der Waals surface area contributed by atoms with E-state index >= 15 is 0 Å². The predicted octanol–water partition coefficient (Wildman–Crippen LogP) is -0.0756. The first-order chi connectivity index (χ1) is 9.77. The Labute approximate surface area is 121 Å². The first-order valence-electron chi connectivity index (χ1n) is 6.54. The number of carbonyl (C=O) groups excluding carboxylic acids is 2. The SMILES string of the molecule is CNC(=O)Cn1cc(NC(=O)C2C(C(=O)O)C2(C)C)cn1. The third-order valence-electron chi connectivity index (χ3n) is 3.86. The molecule has 0 aliphatic heterocycles. The van der Waals surface area contributed by atoms with Crippen molar-refractivity contribution in [3.63, 3.8) is 0 Å². The Morgan fingerprint density at radius 3 is 2.57 bits per heavy atom. The van der Waals surface area contributed by atoms with E-state index in [0.717, 1.165) is 0 Å². The van der Waals surface area contributed by atoms with Crippen molar-refractivity contribution in [1.29, 1.82) is 0 Å². The molecule has 0 spiro atoms. The molecule has 1 aliphatic carbocycles. The summed E-state index contributed by atoms with van der Waals surface area (Å²) < 4.78 is 1.39. The van der Waals surface area contributed by atoms with Gasteiger partial charge in [-0.15, -0.1) is 0 Å². The lowest BCUT2D eigenvalue weighted by Gasteiger charge is -2.03. The van der Waals surface area contributed by atoms with Gasteiger partial charge in [-0.3, -0.25) is 19.1 Å². The molecule has 0 saturated heterocycles. The number of carboxylic acid groups (broad SMARTS) is 1. The molecule has 114 valence electrons. The van der Waals surface area contributed by atoms with E-state index in [9.17, 15) is 14.4 Å². The highest BCUT2D eigenvalue weighted by atomic mass is 16.4. The fraction of sp³-hybridized carbons (Fsp3) is 0.538. The summed E-state index contributed by atoms with van der Waals surface area (Å²) in [5.41, 5.74) is -0.107. The second kappa shape index (κ2) is 5.19. The van der Waals surface area contributed by atoms with Gasteiger partial charge < -0.3 is 15.7 Å². The molecule has 8 nitrogen and oxygen atoms in total. The molecule has 2 atom stereocenters. The molecule has 3 N–H and O–H groups in total. The summed E-state index contributed by atoms with van der Waals surface area (Å²) in [6, 6.07) is 0. The van der Waals surface area contributed by atoms with Crippen LogP contribution in [0.5, 0.6) is 0 Å². The fourth-order valence-electron chi connectivity index (χ4n) is 2.55. The van der Waals surface area contributed by atoms with Crippen LogP contribution in [0.2, 0.25) is 0 Å². The molecular weight excluding hydrogens is 276 g/mol. The van der Waals surface area contributed by atoms with Gasteiger partial charge in [0.05, 0.1) is 23.7 Å². The van der Waals surface area contributed by atoms with Gasteiger partial charge in [0.15, 0.2) is 0 Å². The highest BCUT2D eigenvalue weighted by molar-refractivity contribution is 5.99. The first kappa shape index (κ1) is 15.0. The van der Waals surface area contributed by atoms with Crippen molar-refractivity contribution in [2.45, 2.75) is 20.4 Å². The summed E-state index contributed by atoms with van der Waals surface area (Å²) >= 11 is 0. The van der Waals surface area contributed by atoms with Crippen LogP contribution in [-0.2, 0) is 20.9 Å². The average Bonchev–Trinajstić information content (AvgIpc) is 2.74. The Kier molecular flexibility index (Phi) is 3.71. The van der Waals surface area contributed by atoms with E-state index in [4.69, 9.17) is 5.11 Å². The minimum Gasteiger partial charge on any atom is -0.481 e. The summed E-state index contributed by atoms with van der Waals surface area (Å²) in [7, 11) is 1.52. The van der Waals surface area contributed by atoms with Crippen molar-refractivity contribution in [1.82, 2.24) is 15.1 Å². The van der Waals surface area contributed by atoms with Gasteiger partial charge in [-0.1, -0.05) is 13.8 Å². The Bertz CT molecular complexity index is 593. The zero-order chi connectivity index (χ0) is 15.8. The van der Waals surface area contributed by atoms with Crippen LogP contribution in [0.15, 0.2) is 12.4 Å². The molecule has 0 bridgehead atoms. The summed E-state index contributed by atoms with van der Waals surface area (Å²) in [6.07, 6.45) is 2.95. The number of nitrogens with zero attached hydrogens (tertiary/aromatic N) is 2. The van der Waals surface area contributed by atoms with Crippen LogP contribution in [0, 0.1) is 17.3 Å². The van der Waals surface area contributed by atoms with Crippen LogP contribution in [0.4, 0.5) is 5.69 Å². The normalized spacial score (nSPS) is 22.4. The van der Waals surface area contributed by atoms with Crippen molar-refractivity contribution >= 4 is 23.5 Å². The molecule has 8 heteroatoms. The maximum Gasteiger partial charge on any atom is 0.307 e. The second-order valence-corrected chi connectivity index (χ2v) is 5.70. The smallest absolute Gasteiger partial charge is 0.307 e. The number of carboxylic acids is 1. The maximum atomic E-state index is 12.1. The lowest BCUT2D eigenvalue weighted by Crippen LogP contribution is -2.23. The number of amides is 2. The second-order valence-electron chi connectivity index (χ2n) is 5.70. The molecule has 1 aromatic heterocycles. The van der Waals surface area contributed by atoms with Crippen molar-refractivity contribution in [3.05, 3.63) is 12.4 Å². The van der Waals surface area contributed by atoms with Gasteiger partial charge in [0.1, 0.15) is 6.54 Å². The zero-order valence-corrected chi connectivity index (χ0v) is 12.1. The molecule has 0 radical (unpaired) electrons. The Hall–Kier alpha value is -2.38. The summed E-state index contributed by atoms with van der Waals surface area (Å²) in [4.78, 5) is 34.4. The molecule has 1 saturated carbocycles. The topological polar surface area (TPSA) is 113 Å². The molecule has 2 amide bonds. The van der Waals surface area contributed by atoms with Gasteiger partial charge >= 0.3 is 5.97 Å². The largest absolute Gasteiger partial charge is 0.481 e. The highest BCUT2D eigenvalue weighted by Crippen LogP contribution is 2.58. The number of carbonyl (C=O) groups is 3. The van der Waals surface area contributed by atoms with Gasteiger partial charge in [0.2, 0.25) is 11.8 Å². The number of aromatic nitrogens is 2. The Balaban J connectivity index is 1.98. The fourth-order valence-corrected chi connectivity index (χ4v) is 2.55. The van der Waals surface area contributed by atoms with E-state index in [1.165, 1.54) is 24.1 Å². The molecule has 2 unspecified atom stereocenters. The van der Waals surface area contributed by atoms with Crippen LogP contribution < -0.4 is 10.6 Å². The minimum atomic E-state index is -0.963. The number of anilines is 1. The quantitative estimate of drug-likeness (QED) is 0.703. The lowest BCUT2D eigenvalue weighted by atomic mass is 10.1. The predicted molar refractivity (Wildman–Crippen MR) is 73.3 cm³/mol. The van der Waals surface area contributed by atoms with Gasteiger partial charge in [0.25, 0.3) is 0 Å². The van der Waals surface area contributed by atoms with Gasteiger partial charge in [0, 0.05) is 13.2 Å². The van der Waals surface area contributed by atoms with Gasteiger partial charge in [-0.25, -0.2) is 0 Å². The van der Waals surface area contributed by atoms with Crippen molar-refractivity contribution in [2.75, 3.05) is 12.4 Å². The third kappa shape index (κ3) is 2.88. The van der Waals surface area contributed by atoms with E-state index in [1.54, 1.807) is 13.8 Å². The minimum absolute atomic E-state index is 0.0546. The van der Waals surface area contributed by atoms with Crippen LogP contribution in [0.1, 0.15) is 13.8 Å². The standard InChI is InChI=1S/C13H18N4O4/c1-13(2)9(10(13)12(20)21)11(19)16-7-4-15-17(5-7)6-8(18)14-3/h4-5,9-10H,6H2,1-3H3,(H,14,18)(H,16,19)(H,20,21). The number of hydrogen-bond acceptors (Lipinski definition) is 4. The monoisotopic (exact) mass is 294 g/mol. The van der Waals surface area contributed by atoms with Gasteiger partial charge in [-0.05, 0) is 5.41 Å². The van der Waals surface area contributed by atoms with Crippen molar-refractivity contribution < 1.29 is 19.5 Å². The van der Waals surface area contributed by atoms with E-state index in [2.05, 4.69) is 15.7 Å². The lowest BCUT2D eigenvalue weighted by molar-refractivity contribution is -0.140. The number of rotatable bonds is 5. The first-order valence-corrected chi connectivity index (χ1v) is 6.54. The number of hydrogen-bond donors (Lipinski definition) is 3. The Morgan fingerprint density at radius 2 is 2.05 bits per heavy atom. The molecular formula is C13H18N4O4. The molecule has 1 aliphatic rings. The van der Waals surface area contributed by atoms with Crippen molar-refractivity contribution in [3.8, 4) is 0 Å². The molecule has 21 heavy (non-hydrogen) atoms. The summed E-state index contributed by atoms with van der Waals surface area (Å²) in [5, 5.41) is 18.1. The Morgan fingerprint density at radius 1 is 1.38 bits per heavy atom. The molecule has 0 aromatic carbocycles. The third-order valence-corrected chi connectivity index (χ3v) is 3.86. The van der Waals surface area contributed by atoms with Crippen molar-refractivity contribution in [2.24, 2.45) is 17.3 Å². The molecule has 2 rings (SSSR count). The number of aliphatic carboxylic acids is 1. The van der Waals surface area contributed by atoms with E-state index < -0.39 is 23.2 Å².